The van der Waals surface area contributed by atoms with Crippen molar-refractivity contribution in [3.63, 3.8) is 0 Å². The van der Waals surface area contributed by atoms with Gasteiger partial charge in [0.1, 0.15) is 0 Å². The van der Waals surface area contributed by atoms with Crippen molar-refractivity contribution >= 4 is 0 Å². The minimum atomic E-state index is 0. The third kappa shape index (κ3) is 22.5. The lowest BCUT2D eigenvalue weighted by molar-refractivity contribution is 0.115. The molecule has 0 radical (unpaired) electrons. The summed E-state index contributed by atoms with van der Waals surface area (Å²) in [5.74, 6) is 0. The molecule has 0 aromatic carbocycles. The van der Waals surface area contributed by atoms with E-state index in [0.29, 0.717) is 13.2 Å². The van der Waals surface area contributed by atoms with Gasteiger partial charge in [-0.3, -0.25) is 0 Å². The average molecular weight is 180 g/mol. The van der Waals surface area contributed by atoms with E-state index in [1.807, 2.05) is 13.8 Å². The SMILES string of the molecule is C.C.C.CC(N)COCC(C)N. The minimum Gasteiger partial charge on any atom is -0.378 e. The molecule has 3 heteroatoms. The smallest absolute Gasteiger partial charge is 0.0615 e. The van der Waals surface area contributed by atoms with Gasteiger partial charge in [0.25, 0.3) is 0 Å². The van der Waals surface area contributed by atoms with Crippen molar-refractivity contribution in [3.8, 4) is 0 Å². The standard InChI is InChI=1S/C6H16N2O.3CH4/c1-5(7)3-9-4-6(2)8;;;/h5-6H,3-4,7-8H2,1-2H3;3*1H4. The predicted molar refractivity (Wildman–Crippen MR) is 58.3 cm³/mol. The van der Waals surface area contributed by atoms with Gasteiger partial charge < -0.3 is 16.2 Å². The van der Waals surface area contributed by atoms with Gasteiger partial charge in [-0.25, -0.2) is 0 Å². The van der Waals surface area contributed by atoms with Gasteiger partial charge >= 0.3 is 0 Å². The molecule has 0 fully saturated rings. The molecule has 0 aliphatic heterocycles. The summed E-state index contributed by atoms with van der Waals surface area (Å²) in [6.07, 6.45) is 0. The average Bonchev–Trinajstić information content (AvgIpc) is 1.63. The van der Waals surface area contributed by atoms with Crippen molar-refractivity contribution in [3.05, 3.63) is 0 Å². The van der Waals surface area contributed by atoms with Crippen molar-refractivity contribution in [2.24, 2.45) is 11.5 Å². The fraction of sp³-hybridized carbons (Fsp3) is 1.00. The Morgan fingerprint density at radius 1 is 0.917 bits per heavy atom. The number of nitrogens with two attached hydrogens (primary N) is 2. The van der Waals surface area contributed by atoms with Crippen LogP contribution in [0.2, 0.25) is 0 Å². The van der Waals surface area contributed by atoms with Crippen LogP contribution in [0.4, 0.5) is 0 Å². The zero-order valence-corrected chi connectivity index (χ0v) is 6.13. The minimum absolute atomic E-state index is 0. The molecule has 0 aromatic heterocycles. The van der Waals surface area contributed by atoms with Crippen LogP contribution < -0.4 is 11.5 Å². The highest BCUT2D eigenvalue weighted by Crippen LogP contribution is 1.81. The Hall–Kier alpha value is -0.120. The first kappa shape index (κ1) is 22.6. The molecule has 2 atom stereocenters. The van der Waals surface area contributed by atoms with E-state index in [4.69, 9.17) is 16.2 Å². The highest BCUT2D eigenvalue weighted by Gasteiger charge is 1.95. The van der Waals surface area contributed by atoms with Crippen LogP contribution in [-0.4, -0.2) is 25.3 Å². The molecule has 4 N–H and O–H groups in total. The van der Waals surface area contributed by atoms with Crippen molar-refractivity contribution in [1.29, 1.82) is 0 Å². The number of rotatable bonds is 4. The zero-order valence-electron chi connectivity index (χ0n) is 6.13. The van der Waals surface area contributed by atoms with Gasteiger partial charge in [-0.2, -0.15) is 0 Å². The van der Waals surface area contributed by atoms with Gasteiger partial charge in [-0.15, -0.1) is 0 Å². The quantitative estimate of drug-likeness (QED) is 0.691. The number of hydrogen-bond donors (Lipinski definition) is 2. The normalized spacial score (nSPS) is 13.0. The maximum absolute atomic E-state index is 5.41. The fourth-order valence-corrected chi connectivity index (χ4v) is 0.440. The molecule has 3 nitrogen and oxygen atoms in total. The molecule has 80 valence electrons. The first-order valence-corrected chi connectivity index (χ1v) is 3.22. The molecule has 12 heavy (non-hydrogen) atoms. The first-order valence-electron chi connectivity index (χ1n) is 3.22. The second-order valence-electron chi connectivity index (χ2n) is 2.49. The Bertz CT molecular complexity index is 57.5. The van der Waals surface area contributed by atoms with Crippen LogP contribution in [0.1, 0.15) is 36.1 Å². The summed E-state index contributed by atoms with van der Waals surface area (Å²) >= 11 is 0. The Morgan fingerprint density at radius 2 is 1.17 bits per heavy atom. The lowest BCUT2D eigenvalue weighted by Crippen LogP contribution is -2.27. The summed E-state index contributed by atoms with van der Waals surface area (Å²) in [5.41, 5.74) is 10.8. The van der Waals surface area contributed by atoms with Gasteiger partial charge in [0.15, 0.2) is 0 Å². The molecule has 0 heterocycles. The Morgan fingerprint density at radius 3 is 1.33 bits per heavy atom. The summed E-state index contributed by atoms with van der Waals surface area (Å²) in [6, 6.07) is 0.229. The molecule has 0 rings (SSSR count). The van der Waals surface area contributed by atoms with Gasteiger partial charge in [-0.05, 0) is 13.8 Å². The fourth-order valence-electron chi connectivity index (χ4n) is 0.440. The van der Waals surface area contributed by atoms with E-state index in [9.17, 15) is 0 Å². The molecule has 0 saturated heterocycles. The predicted octanol–water partition coefficient (Wildman–Crippen LogP) is 1.61. The Labute approximate surface area is 78.5 Å². The maximum atomic E-state index is 5.41. The van der Waals surface area contributed by atoms with Crippen LogP contribution >= 0.6 is 0 Å². The first-order chi connectivity index (χ1) is 4.13. The highest BCUT2D eigenvalue weighted by molar-refractivity contribution is 4.52. The van der Waals surface area contributed by atoms with Gasteiger partial charge in [0.05, 0.1) is 13.2 Å². The molecular formula is C9H28N2O. The number of ether oxygens (including phenoxy) is 1. The van der Waals surface area contributed by atoms with Crippen molar-refractivity contribution in [2.75, 3.05) is 13.2 Å². The Balaban J connectivity index is -0.000000107. The lowest BCUT2D eigenvalue weighted by Gasteiger charge is -2.08. The van der Waals surface area contributed by atoms with Gasteiger partial charge in [0.2, 0.25) is 0 Å². The summed E-state index contributed by atoms with van der Waals surface area (Å²) in [4.78, 5) is 0. The largest absolute Gasteiger partial charge is 0.378 e. The third-order valence-corrected chi connectivity index (χ3v) is 0.761. The van der Waals surface area contributed by atoms with E-state index in [0.717, 1.165) is 0 Å². The Kier molecular flexibility index (Phi) is 25.4. The van der Waals surface area contributed by atoms with Gasteiger partial charge in [0, 0.05) is 12.1 Å². The highest BCUT2D eigenvalue weighted by atomic mass is 16.5. The van der Waals surface area contributed by atoms with Crippen LogP contribution in [-0.2, 0) is 4.74 Å². The summed E-state index contributed by atoms with van der Waals surface area (Å²) in [7, 11) is 0. The molecule has 0 aliphatic carbocycles. The molecule has 2 unspecified atom stereocenters. The zero-order chi connectivity index (χ0) is 7.28. The van der Waals surface area contributed by atoms with E-state index in [2.05, 4.69) is 0 Å². The van der Waals surface area contributed by atoms with Crippen LogP contribution in [0.5, 0.6) is 0 Å². The van der Waals surface area contributed by atoms with Crippen LogP contribution in [0.25, 0.3) is 0 Å². The van der Waals surface area contributed by atoms with Crippen LogP contribution in [0.15, 0.2) is 0 Å². The molecule has 0 aliphatic rings. The third-order valence-electron chi connectivity index (χ3n) is 0.761. The van der Waals surface area contributed by atoms with E-state index in [-0.39, 0.29) is 34.4 Å². The molecule has 0 aromatic rings. The lowest BCUT2D eigenvalue weighted by atomic mass is 10.4. The monoisotopic (exact) mass is 180 g/mol. The topological polar surface area (TPSA) is 61.3 Å². The molecular weight excluding hydrogens is 152 g/mol. The van der Waals surface area contributed by atoms with E-state index in [1.165, 1.54) is 0 Å². The van der Waals surface area contributed by atoms with Crippen LogP contribution in [0, 0.1) is 0 Å². The molecule has 0 spiro atoms. The summed E-state index contributed by atoms with van der Waals surface area (Å²) in [6.45, 7) is 5.01. The second kappa shape index (κ2) is 13.5. The van der Waals surface area contributed by atoms with Crippen molar-refractivity contribution in [1.82, 2.24) is 0 Å². The number of hydrogen-bond acceptors (Lipinski definition) is 3. The molecule has 0 saturated carbocycles. The second-order valence-corrected chi connectivity index (χ2v) is 2.49. The van der Waals surface area contributed by atoms with Gasteiger partial charge in [-0.1, -0.05) is 22.3 Å². The van der Waals surface area contributed by atoms with Crippen molar-refractivity contribution in [2.45, 2.75) is 48.2 Å². The van der Waals surface area contributed by atoms with Crippen LogP contribution in [0.3, 0.4) is 0 Å². The molecule has 0 bridgehead atoms. The molecule has 0 amide bonds. The summed E-state index contributed by atoms with van der Waals surface area (Å²) < 4.78 is 5.11. The van der Waals surface area contributed by atoms with Crippen molar-refractivity contribution < 1.29 is 4.74 Å². The van der Waals surface area contributed by atoms with E-state index < -0.39 is 0 Å². The summed E-state index contributed by atoms with van der Waals surface area (Å²) in [5, 5.41) is 0. The van der Waals surface area contributed by atoms with E-state index >= 15 is 0 Å². The maximum Gasteiger partial charge on any atom is 0.0615 e. The van der Waals surface area contributed by atoms with E-state index in [1.54, 1.807) is 0 Å².